The van der Waals surface area contributed by atoms with Gasteiger partial charge >= 0.3 is 7.12 Å². The van der Waals surface area contributed by atoms with Crippen LogP contribution in [0.1, 0.15) is 5.56 Å². The Labute approximate surface area is 114 Å². The summed E-state index contributed by atoms with van der Waals surface area (Å²) in [4.78, 5) is 0.714. The van der Waals surface area contributed by atoms with E-state index in [1.807, 2.05) is 0 Å². The van der Waals surface area contributed by atoms with Gasteiger partial charge in [0, 0.05) is 10.6 Å². The first-order valence-electron chi connectivity index (χ1n) is 5.59. The van der Waals surface area contributed by atoms with Crippen molar-refractivity contribution >= 4 is 24.3 Å². The van der Waals surface area contributed by atoms with E-state index in [9.17, 15) is 8.78 Å². The zero-order chi connectivity index (χ0) is 13.8. The van der Waals surface area contributed by atoms with Crippen molar-refractivity contribution in [1.82, 2.24) is 0 Å². The van der Waals surface area contributed by atoms with Crippen molar-refractivity contribution in [1.29, 1.82) is 0 Å². The summed E-state index contributed by atoms with van der Waals surface area (Å²) in [7, 11) is -1.68. The van der Waals surface area contributed by atoms with Gasteiger partial charge in [-0.1, -0.05) is 18.2 Å². The van der Waals surface area contributed by atoms with Gasteiger partial charge in [-0.15, -0.1) is 11.8 Å². The third-order valence-electron chi connectivity index (χ3n) is 2.57. The lowest BCUT2D eigenvalue weighted by atomic mass is 9.80. The normalized spacial score (nSPS) is 10.5. The van der Waals surface area contributed by atoms with Crippen molar-refractivity contribution in [3.63, 3.8) is 0 Å². The summed E-state index contributed by atoms with van der Waals surface area (Å²) >= 11 is 1.31. The minimum atomic E-state index is -1.68. The first-order valence-corrected chi connectivity index (χ1v) is 6.57. The highest BCUT2D eigenvalue weighted by molar-refractivity contribution is 7.98. The molecule has 0 aliphatic rings. The molecular formula is C13H11BF2O2S. The highest BCUT2D eigenvalue weighted by Crippen LogP contribution is 2.24. The summed E-state index contributed by atoms with van der Waals surface area (Å²) in [6.45, 7) is 0. The van der Waals surface area contributed by atoms with E-state index in [0.29, 0.717) is 16.2 Å². The highest BCUT2D eigenvalue weighted by Gasteiger charge is 2.13. The SMILES string of the molecule is OB(O)c1ccc(CSc2cccc(F)c2)c(F)c1. The summed E-state index contributed by atoms with van der Waals surface area (Å²) in [6.07, 6.45) is 0. The summed E-state index contributed by atoms with van der Waals surface area (Å²) in [6, 6.07) is 10.1. The lowest BCUT2D eigenvalue weighted by molar-refractivity contribution is 0.425. The van der Waals surface area contributed by atoms with Gasteiger partial charge in [-0.3, -0.25) is 0 Å². The number of rotatable bonds is 4. The van der Waals surface area contributed by atoms with Crippen LogP contribution < -0.4 is 5.46 Å². The highest BCUT2D eigenvalue weighted by atomic mass is 32.2. The van der Waals surface area contributed by atoms with Gasteiger partial charge in [0.2, 0.25) is 0 Å². The molecule has 0 aromatic heterocycles. The van der Waals surface area contributed by atoms with E-state index in [-0.39, 0.29) is 11.3 Å². The molecular weight excluding hydrogens is 269 g/mol. The van der Waals surface area contributed by atoms with Crippen molar-refractivity contribution in [2.24, 2.45) is 0 Å². The Morgan fingerprint density at radius 3 is 2.47 bits per heavy atom. The van der Waals surface area contributed by atoms with Gasteiger partial charge < -0.3 is 10.0 Å². The van der Waals surface area contributed by atoms with Crippen LogP contribution in [0, 0.1) is 11.6 Å². The Balaban J connectivity index is 2.07. The molecule has 98 valence electrons. The number of hydrogen-bond acceptors (Lipinski definition) is 3. The molecule has 6 heteroatoms. The molecule has 0 bridgehead atoms. The second-order valence-corrected chi connectivity index (χ2v) is 5.02. The zero-order valence-corrected chi connectivity index (χ0v) is 10.7. The summed E-state index contributed by atoms with van der Waals surface area (Å²) in [5.74, 6) is -0.490. The van der Waals surface area contributed by atoms with E-state index < -0.39 is 12.9 Å². The van der Waals surface area contributed by atoms with Crippen LogP contribution in [0.5, 0.6) is 0 Å². The van der Waals surface area contributed by atoms with E-state index in [0.717, 1.165) is 6.07 Å². The second-order valence-electron chi connectivity index (χ2n) is 3.97. The van der Waals surface area contributed by atoms with Crippen LogP contribution in [0.3, 0.4) is 0 Å². The van der Waals surface area contributed by atoms with Crippen LogP contribution in [0.15, 0.2) is 47.4 Å². The van der Waals surface area contributed by atoms with Crippen molar-refractivity contribution in [2.75, 3.05) is 0 Å². The standard InChI is InChI=1S/C13H11BF2O2S/c15-11-2-1-3-12(7-11)19-8-9-4-5-10(14(17)18)6-13(9)16/h1-7,17-18H,8H2. The first-order chi connectivity index (χ1) is 9.06. The fourth-order valence-corrected chi connectivity index (χ4v) is 2.49. The molecule has 19 heavy (non-hydrogen) atoms. The maximum Gasteiger partial charge on any atom is 0.488 e. The Kier molecular flexibility index (Phi) is 4.58. The fourth-order valence-electron chi connectivity index (χ4n) is 1.56. The molecule has 0 spiro atoms. The molecule has 0 aliphatic carbocycles. The minimum absolute atomic E-state index is 0.108. The first kappa shape index (κ1) is 14.1. The Morgan fingerprint density at radius 1 is 1.05 bits per heavy atom. The number of thioether (sulfide) groups is 1. The second kappa shape index (κ2) is 6.19. The van der Waals surface area contributed by atoms with Crippen LogP contribution in [0.2, 0.25) is 0 Å². The van der Waals surface area contributed by atoms with Gasteiger partial charge in [-0.25, -0.2) is 8.78 Å². The fraction of sp³-hybridized carbons (Fsp3) is 0.0769. The Hall–Kier alpha value is -1.37. The molecule has 0 unspecified atom stereocenters. The molecule has 0 aliphatic heterocycles. The van der Waals surface area contributed by atoms with E-state index in [1.54, 1.807) is 12.1 Å². The summed E-state index contributed by atoms with van der Waals surface area (Å²) in [5.41, 5.74) is 0.538. The van der Waals surface area contributed by atoms with Gasteiger partial charge in [0.05, 0.1) is 0 Å². The molecule has 0 atom stereocenters. The molecule has 0 saturated carbocycles. The van der Waals surface area contributed by atoms with Crippen molar-refractivity contribution in [2.45, 2.75) is 10.6 Å². The molecule has 2 N–H and O–H groups in total. The predicted molar refractivity (Wildman–Crippen MR) is 72.2 cm³/mol. The van der Waals surface area contributed by atoms with Gasteiger partial charge in [-0.05, 0) is 35.3 Å². The molecule has 0 fully saturated rings. The van der Waals surface area contributed by atoms with E-state index in [1.165, 1.54) is 36.0 Å². The molecule has 0 saturated heterocycles. The molecule has 2 rings (SSSR count). The molecule has 2 aromatic rings. The lowest BCUT2D eigenvalue weighted by Gasteiger charge is -2.06. The van der Waals surface area contributed by atoms with Crippen LogP contribution in [-0.2, 0) is 5.75 Å². The third-order valence-corrected chi connectivity index (χ3v) is 3.61. The quantitative estimate of drug-likeness (QED) is 0.664. The average Bonchev–Trinajstić information content (AvgIpc) is 2.37. The Morgan fingerprint density at radius 2 is 1.84 bits per heavy atom. The van der Waals surface area contributed by atoms with Crippen LogP contribution in [0.4, 0.5) is 8.78 Å². The van der Waals surface area contributed by atoms with Crippen molar-refractivity contribution in [3.8, 4) is 0 Å². The van der Waals surface area contributed by atoms with Crippen LogP contribution in [0.25, 0.3) is 0 Å². The lowest BCUT2D eigenvalue weighted by Crippen LogP contribution is -2.30. The number of benzene rings is 2. The smallest absolute Gasteiger partial charge is 0.423 e. The number of hydrogen-bond donors (Lipinski definition) is 2. The van der Waals surface area contributed by atoms with E-state index >= 15 is 0 Å². The molecule has 0 radical (unpaired) electrons. The molecule has 0 heterocycles. The monoisotopic (exact) mass is 280 g/mol. The largest absolute Gasteiger partial charge is 0.488 e. The van der Waals surface area contributed by atoms with E-state index in [2.05, 4.69) is 0 Å². The maximum absolute atomic E-state index is 13.7. The Bertz CT molecular complexity index is 578. The summed E-state index contributed by atoms with van der Waals surface area (Å²) < 4.78 is 26.7. The summed E-state index contributed by atoms with van der Waals surface area (Å²) in [5, 5.41) is 17.8. The molecule has 0 amide bonds. The average molecular weight is 280 g/mol. The van der Waals surface area contributed by atoms with Crippen LogP contribution >= 0.6 is 11.8 Å². The van der Waals surface area contributed by atoms with Gasteiger partial charge in [0.15, 0.2) is 0 Å². The molecule has 2 nitrogen and oxygen atoms in total. The van der Waals surface area contributed by atoms with Gasteiger partial charge in [0.25, 0.3) is 0 Å². The molecule has 2 aromatic carbocycles. The minimum Gasteiger partial charge on any atom is -0.423 e. The van der Waals surface area contributed by atoms with Crippen LogP contribution in [-0.4, -0.2) is 17.2 Å². The van der Waals surface area contributed by atoms with Crippen molar-refractivity contribution < 1.29 is 18.8 Å². The van der Waals surface area contributed by atoms with Gasteiger partial charge in [0.1, 0.15) is 11.6 Å². The third kappa shape index (κ3) is 3.80. The topological polar surface area (TPSA) is 40.5 Å². The van der Waals surface area contributed by atoms with Crippen molar-refractivity contribution in [3.05, 3.63) is 59.7 Å². The van der Waals surface area contributed by atoms with E-state index in [4.69, 9.17) is 10.0 Å². The maximum atomic E-state index is 13.7. The number of halogens is 2. The predicted octanol–water partition coefficient (Wildman–Crippen LogP) is 1.94. The van der Waals surface area contributed by atoms with Gasteiger partial charge in [-0.2, -0.15) is 0 Å². The zero-order valence-electron chi connectivity index (χ0n) is 9.88.